The van der Waals surface area contributed by atoms with Gasteiger partial charge in [0, 0.05) is 17.2 Å². The number of nitrogens with two attached hydrogens (primary N) is 1. The SMILES string of the molecule is CC(C)(c1cccc(C(F)(F)F)c1)N(C(=O)C1=C(C(N)=O)CCCC1)c1cc(OC2CCCC2)c(Cl)cc1F. The fourth-order valence-electron chi connectivity index (χ4n) is 5.38. The summed E-state index contributed by atoms with van der Waals surface area (Å²) in [7, 11) is 0. The number of carbonyl (C=O) groups excluding carboxylic acids is 2. The Kier molecular flexibility index (Phi) is 8.30. The molecule has 2 aromatic rings. The summed E-state index contributed by atoms with van der Waals surface area (Å²) >= 11 is 6.32. The topological polar surface area (TPSA) is 72.6 Å². The van der Waals surface area contributed by atoms with Crippen molar-refractivity contribution >= 4 is 29.1 Å². The van der Waals surface area contributed by atoms with Gasteiger partial charge in [-0.25, -0.2) is 4.39 Å². The minimum absolute atomic E-state index is 0.0159. The zero-order valence-corrected chi connectivity index (χ0v) is 22.6. The number of anilines is 1. The quantitative estimate of drug-likeness (QED) is 0.354. The van der Waals surface area contributed by atoms with E-state index in [0.717, 1.165) is 48.8 Å². The Bertz CT molecular complexity index is 1300. The van der Waals surface area contributed by atoms with Crippen LogP contribution < -0.4 is 15.4 Å². The van der Waals surface area contributed by atoms with E-state index in [1.54, 1.807) is 0 Å². The van der Waals surface area contributed by atoms with Crippen LogP contribution in [-0.4, -0.2) is 17.9 Å². The number of benzene rings is 2. The summed E-state index contributed by atoms with van der Waals surface area (Å²) < 4.78 is 62.5. The highest BCUT2D eigenvalue weighted by Crippen LogP contribution is 2.43. The van der Waals surface area contributed by atoms with Gasteiger partial charge in [-0.15, -0.1) is 0 Å². The molecule has 0 spiro atoms. The van der Waals surface area contributed by atoms with Gasteiger partial charge in [0.2, 0.25) is 5.91 Å². The third-order valence-corrected chi connectivity index (χ3v) is 7.82. The minimum atomic E-state index is -4.63. The number of halogens is 5. The second-order valence-corrected chi connectivity index (χ2v) is 11.0. The molecule has 2 aliphatic carbocycles. The summed E-state index contributed by atoms with van der Waals surface area (Å²) in [5.74, 6) is -2.15. The number of alkyl halides is 3. The number of rotatable bonds is 7. The Balaban J connectivity index is 1.90. The first-order valence-corrected chi connectivity index (χ1v) is 13.4. The average Bonchev–Trinajstić information content (AvgIpc) is 3.39. The van der Waals surface area contributed by atoms with Gasteiger partial charge in [0.1, 0.15) is 11.6 Å². The van der Waals surface area contributed by atoms with Crippen molar-refractivity contribution in [3.63, 3.8) is 0 Å². The molecule has 0 radical (unpaired) electrons. The maximum Gasteiger partial charge on any atom is 0.416 e. The molecule has 4 rings (SSSR count). The first-order valence-electron chi connectivity index (χ1n) is 13.0. The molecule has 0 aromatic heterocycles. The van der Waals surface area contributed by atoms with Crippen LogP contribution in [0.3, 0.4) is 0 Å². The summed E-state index contributed by atoms with van der Waals surface area (Å²) in [4.78, 5) is 27.5. The van der Waals surface area contributed by atoms with Gasteiger partial charge in [-0.3, -0.25) is 14.5 Å². The van der Waals surface area contributed by atoms with Crippen LogP contribution >= 0.6 is 11.6 Å². The van der Waals surface area contributed by atoms with E-state index in [-0.39, 0.29) is 52.1 Å². The smallest absolute Gasteiger partial charge is 0.416 e. The van der Waals surface area contributed by atoms with Crippen molar-refractivity contribution in [3.05, 3.63) is 69.5 Å². The Labute approximate surface area is 229 Å². The molecule has 210 valence electrons. The predicted octanol–water partition coefficient (Wildman–Crippen LogP) is 7.44. The van der Waals surface area contributed by atoms with Crippen LogP contribution in [0.25, 0.3) is 0 Å². The van der Waals surface area contributed by atoms with Gasteiger partial charge >= 0.3 is 6.18 Å². The summed E-state index contributed by atoms with van der Waals surface area (Å²) in [5, 5.41) is 0.0159. The molecule has 2 N–H and O–H groups in total. The maximum atomic E-state index is 15.7. The molecule has 0 atom stereocenters. The summed E-state index contributed by atoms with van der Waals surface area (Å²) in [6.07, 6.45) is 0.590. The fraction of sp³-hybridized carbons (Fsp3) is 0.448. The Hall–Kier alpha value is -3.07. The van der Waals surface area contributed by atoms with E-state index in [1.807, 2.05) is 0 Å². The van der Waals surface area contributed by atoms with Gasteiger partial charge in [0.15, 0.2) is 0 Å². The lowest BCUT2D eigenvalue weighted by Gasteiger charge is -2.41. The van der Waals surface area contributed by atoms with Gasteiger partial charge < -0.3 is 10.5 Å². The highest BCUT2D eigenvalue weighted by molar-refractivity contribution is 6.32. The van der Waals surface area contributed by atoms with Crippen LogP contribution in [0.4, 0.5) is 23.2 Å². The zero-order chi connectivity index (χ0) is 28.5. The van der Waals surface area contributed by atoms with Crippen molar-refractivity contribution < 1.29 is 31.9 Å². The summed E-state index contributed by atoms with van der Waals surface area (Å²) in [6, 6.07) is 6.91. The molecule has 1 saturated carbocycles. The maximum absolute atomic E-state index is 15.7. The van der Waals surface area contributed by atoms with E-state index in [4.69, 9.17) is 22.1 Å². The molecule has 2 aromatic carbocycles. The fourth-order valence-corrected chi connectivity index (χ4v) is 5.58. The van der Waals surface area contributed by atoms with Gasteiger partial charge in [-0.2, -0.15) is 13.2 Å². The Morgan fingerprint density at radius 3 is 2.21 bits per heavy atom. The highest BCUT2D eigenvalue weighted by Gasteiger charge is 2.40. The minimum Gasteiger partial charge on any atom is -0.489 e. The van der Waals surface area contributed by atoms with Crippen molar-refractivity contribution in [1.82, 2.24) is 0 Å². The van der Waals surface area contributed by atoms with Crippen molar-refractivity contribution in [2.45, 2.75) is 83.0 Å². The molecular weight excluding hydrogens is 536 g/mol. The zero-order valence-electron chi connectivity index (χ0n) is 21.8. The van der Waals surface area contributed by atoms with Crippen molar-refractivity contribution in [2.24, 2.45) is 5.73 Å². The lowest BCUT2D eigenvalue weighted by Crippen LogP contribution is -2.48. The Morgan fingerprint density at radius 1 is 0.974 bits per heavy atom. The number of ether oxygens (including phenoxy) is 1. The molecular formula is C29H31ClF4N2O3. The monoisotopic (exact) mass is 566 g/mol. The molecule has 5 nitrogen and oxygen atoms in total. The van der Waals surface area contributed by atoms with Crippen LogP contribution in [0, 0.1) is 5.82 Å². The number of hydrogen-bond donors (Lipinski definition) is 1. The van der Waals surface area contributed by atoms with E-state index in [9.17, 15) is 22.8 Å². The standard InChI is InChI=1S/C29H31ClF4N2O3/c1-28(2,17-8-7-9-18(14-17)29(32,33)34)36(27(38)21-13-6-5-12-20(21)26(35)37)24-16-25(22(30)15-23(24)31)39-19-10-3-4-11-19/h7-9,14-16,19H,3-6,10-13H2,1-2H3,(H2,35,37). The third-order valence-electron chi connectivity index (χ3n) is 7.52. The van der Waals surface area contributed by atoms with Crippen LogP contribution in [0.1, 0.15) is 76.3 Å². The third kappa shape index (κ3) is 6.08. The van der Waals surface area contributed by atoms with E-state index >= 15 is 4.39 Å². The normalized spacial score (nSPS) is 16.9. The highest BCUT2D eigenvalue weighted by atomic mass is 35.5. The number of carbonyl (C=O) groups is 2. The average molecular weight is 567 g/mol. The van der Waals surface area contributed by atoms with Crippen molar-refractivity contribution in [2.75, 3.05) is 4.90 Å². The molecule has 0 heterocycles. The first-order chi connectivity index (χ1) is 18.3. The van der Waals surface area contributed by atoms with E-state index < -0.39 is 34.9 Å². The predicted molar refractivity (Wildman–Crippen MR) is 141 cm³/mol. The van der Waals surface area contributed by atoms with Gasteiger partial charge in [-0.1, -0.05) is 23.7 Å². The molecule has 10 heteroatoms. The second-order valence-electron chi connectivity index (χ2n) is 10.6. The molecule has 2 amide bonds. The van der Waals surface area contributed by atoms with Gasteiger partial charge in [0.05, 0.1) is 27.9 Å². The van der Waals surface area contributed by atoms with Gasteiger partial charge in [-0.05, 0) is 89.0 Å². The van der Waals surface area contributed by atoms with E-state index in [1.165, 1.54) is 32.0 Å². The van der Waals surface area contributed by atoms with Crippen LogP contribution in [0.15, 0.2) is 47.5 Å². The number of nitrogens with zero attached hydrogens (tertiary/aromatic N) is 1. The van der Waals surface area contributed by atoms with Crippen LogP contribution in [0.2, 0.25) is 5.02 Å². The molecule has 0 aliphatic heterocycles. The van der Waals surface area contributed by atoms with Crippen molar-refractivity contribution in [3.8, 4) is 5.75 Å². The van der Waals surface area contributed by atoms with Crippen LogP contribution in [-0.2, 0) is 21.3 Å². The van der Waals surface area contributed by atoms with Crippen LogP contribution in [0.5, 0.6) is 5.75 Å². The number of primary amides is 1. The largest absolute Gasteiger partial charge is 0.489 e. The molecule has 0 saturated heterocycles. The second kappa shape index (κ2) is 11.2. The number of hydrogen-bond acceptors (Lipinski definition) is 3. The van der Waals surface area contributed by atoms with Crippen molar-refractivity contribution in [1.29, 1.82) is 0 Å². The summed E-state index contributed by atoms with van der Waals surface area (Å²) in [5.41, 5.74) is 3.36. The first kappa shape index (κ1) is 28.9. The van der Waals surface area contributed by atoms with E-state index in [0.29, 0.717) is 12.8 Å². The molecule has 0 bridgehead atoms. The molecule has 1 fully saturated rings. The van der Waals surface area contributed by atoms with E-state index in [2.05, 4.69) is 0 Å². The summed E-state index contributed by atoms with van der Waals surface area (Å²) in [6.45, 7) is 3.05. The number of amides is 2. The van der Waals surface area contributed by atoms with Gasteiger partial charge in [0.25, 0.3) is 5.91 Å². The molecule has 0 unspecified atom stereocenters. The lowest BCUT2D eigenvalue weighted by molar-refractivity contribution is -0.137. The molecule has 2 aliphatic rings. The lowest BCUT2D eigenvalue weighted by atomic mass is 9.86. The Morgan fingerprint density at radius 2 is 1.59 bits per heavy atom. The molecule has 39 heavy (non-hydrogen) atoms.